The maximum atomic E-state index is 15.5. The van der Waals surface area contributed by atoms with E-state index in [0.29, 0.717) is 5.01 Å². The molecule has 0 radical (unpaired) electrons. The quantitative estimate of drug-likeness (QED) is 0.0807. The van der Waals surface area contributed by atoms with E-state index >= 15 is 4.79 Å². The molecule has 0 unspecified atom stereocenters. The number of esters is 4. The highest BCUT2D eigenvalue weighted by Gasteiger charge is 2.78. The van der Waals surface area contributed by atoms with Crippen LogP contribution in [0.2, 0.25) is 0 Å². The van der Waals surface area contributed by atoms with Crippen LogP contribution in [0.1, 0.15) is 86.7 Å². The van der Waals surface area contributed by atoms with Gasteiger partial charge in [0.25, 0.3) is 5.91 Å². The van der Waals surface area contributed by atoms with Crippen LogP contribution in [0.15, 0.2) is 107 Å². The first-order valence-electron chi connectivity index (χ1n) is 20.8. The minimum atomic E-state index is -2.46. The Bertz CT molecular complexity index is 2370. The lowest BCUT2D eigenvalue weighted by Crippen LogP contribution is -2.82. The van der Waals surface area contributed by atoms with E-state index in [2.05, 4.69) is 5.29 Å². The highest BCUT2D eigenvalue weighted by atomic mass is 16.6. The van der Waals surface area contributed by atoms with Crippen molar-refractivity contribution in [1.29, 1.82) is 0 Å². The Hall–Kier alpha value is -6.14. The molecule has 1 amide bonds. The lowest BCUT2D eigenvalue weighted by Gasteiger charge is -2.67. The SMILES string of the molecule is CC(=O)O[C@H]1C(=O)[C@@]2(C)[C@H]([C@H](OC(=O)c3ccccc3)[C@]3(O)C[C@H](OC(=O)[C@H](O)[C@H](c4ccccc4)N(N=O)C(=O)c4ccccc4)C(C)=C1C3(C)C)[C@]1(OC(C)=O)CO[C@@H]1C[C@@H]2O. The van der Waals surface area contributed by atoms with Crippen LogP contribution in [-0.2, 0) is 42.9 Å². The second-order valence-corrected chi connectivity index (χ2v) is 17.6. The Morgan fingerprint density at radius 1 is 0.844 bits per heavy atom. The van der Waals surface area contributed by atoms with Crippen molar-refractivity contribution >= 4 is 35.6 Å². The Labute approximate surface area is 368 Å². The van der Waals surface area contributed by atoms with Crippen LogP contribution in [0.4, 0.5) is 0 Å². The van der Waals surface area contributed by atoms with Crippen LogP contribution < -0.4 is 0 Å². The predicted octanol–water partition coefficient (Wildman–Crippen LogP) is 4.13. The molecule has 0 spiro atoms. The molecule has 338 valence electrons. The Kier molecular flexibility index (Phi) is 12.3. The minimum Gasteiger partial charge on any atom is -0.456 e. The number of benzene rings is 3. The van der Waals surface area contributed by atoms with E-state index in [0.717, 1.165) is 13.8 Å². The molecular formula is C47H50N2O15. The van der Waals surface area contributed by atoms with E-state index in [9.17, 15) is 44.2 Å². The highest BCUT2D eigenvalue weighted by Crippen LogP contribution is 2.64. The lowest BCUT2D eigenvalue weighted by molar-refractivity contribution is -0.346. The molecule has 1 aliphatic heterocycles. The largest absolute Gasteiger partial charge is 0.456 e. The summed E-state index contributed by atoms with van der Waals surface area (Å²) in [5, 5.41) is 41.0. The summed E-state index contributed by atoms with van der Waals surface area (Å²) in [5.41, 5.74) is -7.89. The molecule has 7 rings (SSSR count). The van der Waals surface area contributed by atoms with Crippen molar-refractivity contribution in [1.82, 2.24) is 5.01 Å². The average Bonchev–Trinajstić information content (AvgIpc) is 3.26. The summed E-state index contributed by atoms with van der Waals surface area (Å²) in [4.78, 5) is 96.5. The van der Waals surface area contributed by atoms with E-state index in [1.54, 1.807) is 54.6 Å². The van der Waals surface area contributed by atoms with Gasteiger partial charge >= 0.3 is 23.9 Å². The van der Waals surface area contributed by atoms with Crippen LogP contribution in [0, 0.1) is 21.7 Å². The molecule has 2 saturated carbocycles. The number of carbonyl (C=O) groups is 6. The summed E-state index contributed by atoms with van der Waals surface area (Å²) in [6, 6.07) is 21.2. The van der Waals surface area contributed by atoms with E-state index in [4.69, 9.17) is 23.7 Å². The molecule has 4 aliphatic rings. The van der Waals surface area contributed by atoms with Crippen LogP contribution in [0.25, 0.3) is 0 Å². The number of amides is 1. The predicted molar refractivity (Wildman–Crippen MR) is 222 cm³/mol. The summed E-state index contributed by atoms with van der Waals surface area (Å²) in [7, 11) is 0. The first-order chi connectivity index (χ1) is 30.2. The third-order valence-electron chi connectivity index (χ3n) is 13.7. The van der Waals surface area contributed by atoms with Gasteiger partial charge in [-0.3, -0.25) is 19.2 Å². The molecule has 3 aromatic carbocycles. The normalized spacial score (nSPS) is 31.2. The molecule has 3 N–H and O–H groups in total. The number of nitrogens with zero attached hydrogens (tertiary/aromatic N) is 2. The van der Waals surface area contributed by atoms with Crippen molar-refractivity contribution in [2.45, 2.75) is 108 Å². The van der Waals surface area contributed by atoms with Gasteiger partial charge in [0.1, 0.15) is 30.0 Å². The fourth-order valence-corrected chi connectivity index (χ4v) is 10.4. The zero-order valence-electron chi connectivity index (χ0n) is 36.0. The van der Waals surface area contributed by atoms with Crippen LogP contribution in [0.5, 0.6) is 0 Å². The molecule has 11 atom stereocenters. The molecule has 3 aliphatic carbocycles. The Balaban J connectivity index is 1.41. The standard InChI is InChI=1S/C47H50N2O15/c1-25-31(62-43(57)36(53)35(28-16-10-7-11-17-28)49(48-59)41(55)29-18-12-8-13-19-29)23-47(58)40(63-42(56)30-20-14-9-15-21-30)38-45(6,32(52)22-33-46(38,24-60-33)64-27(3)51)39(54)37(61-26(2)50)34(25)44(47,4)5/h7-21,31-33,35-38,40,52-53,58H,22-24H2,1-6H3/t31-,32-,33+,35-,36+,37+,38-,40-,45+,46-,47+/m0/s1. The van der Waals surface area contributed by atoms with Gasteiger partial charge in [0.05, 0.1) is 34.9 Å². The first kappa shape index (κ1) is 45.9. The van der Waals surface area contributed by atoms with Crippen LogP contribution >= 0.6 is 0 Å². The topological polar surface area (TPSA) is 242 Å². The second-order valence-electron chi connectivity index (χ2n) is 17.6. The molecule has 17 heteroatoms. The second kappa shape index (κ2) is 17.1. The third-order valence-corrected chi connectivity index (χ3v) is 13.7. The summed E-state index contributed by atoms with van der Waals surface area (Å²) < 4.78 is 30.2. The van der Waals surface area contributed by atoms with Gasteiger partial charge in [0, 0.05) is 37.7 Å². The van der Waals surface area contributed by atoms with Gasteiger partial charge in [0.2, 0.25) is 0 Å². The number of nitroso groups, excluding NO2 is 1. The van der Waals surface area contributed by atoms with Crippen molar-refractivity contribution in [2.75, 3.05) is 6.61 Å². The molecule has 3 fully saturated rings. The fourth-order valence-electron chi connectivity index (χ4n) is 10.4. The Morgan fingerprint density at radius 2 is 1.42 bits per heavy atom. The van der Waals surface area contributed by atoms with Crippen LogP contribution in [0.3, 0.4) is 0 Å². The van der Waals surface area contributed by atoms with Crippen molar-refractivity contribution in [3.8, 4) is 0 Å². The molecule has 3 aromatic rings. The van der Waals surface area contributed by atoms with E-state index in [1.165, 1.54) is 64.1 Å². The van der Waals surface area contributed by atoms with Gasteiger partial charge in [-0.15, -0.1) is 4.91 Å². The summed E-state index contributed by atoms with van der Waals surface area (Å²) in [5.74, 6) is -7.56. The number of aliphatic hydroxyl groups is 3. The highest BCUT2D eigenvalue weighted by molar-refractivity contribution is 5.96. The molecule has 1 heterocycles. The van der Waals surface area contributed by atoms with E-state index in [1.807, 2.05) is 0 Å². The number of hydrogen-bond acceptors (Lipinski definition) is 16. The Morgan fingerprint density at radius 3 is 1.95 bits per heavy atom. The van der Waals surface area contributed by atoms with Crippen molar-refractivity contribution in [3.05, 3.63) is 124 Å². The summed E-state index contributed by atoms with van der Waals surface area (Å²) in [6.45, 7) is 7.73. The van der Waals surface area contributed by atoms with Gasteiger partial charge in [-0.05, 0) is 54.8 Å². The van der Waals surface area contributed by atoms with Gasteiger partial charge in [-0.1, -0.05) is 80.6 Å². The number of carbonyl (C=O) groups excluding carboxylic acids is 6. The zero-order valence-corrected chi connectivity index (χ0v) is 36.0. The summed E-state index contributed by atoms with van der Waals surface area (Å²) >= 11 is 0. The minimum absolute atomic E-state index is 0.0174. The molecule has 1 saturated heterocycles. The molecular weight excluding hydrogens is 833 g/mol. The molecule has 0 aromatic heterocycles. The number of aliphatic hydroxyl groups excluding tert-OH is 2. The first-order valence-corrected chi connectivity index (χ1v) is 20.8. The number of fused-ring (bicyclic) bond motifs is 5. The average molecular weight is 883 g/mol. The van der Waals surface area contributed by atoms with Gasteiger partial charge in [0.15, 0.2) is 23.6 Å². The van der Waals surface area contributed by atoms with Crippen LogP contribution in [-0.4, -0.2) is 110 Å². The third kappa shape index (κ3) is 7.39. The number of ether oxygens (including phenoxy) is 5. The lowest BCUT2D eigenvalue weighted by atomic mass is 9.44. The molecule has 64 heavy (non-hydrogen) atoms. The molecule has 2 bridgehead atoms. The monoisotopic (exact) mass is 882 g/mol. The number of rotatable bonds is 11. The smallest absolute Gasteiger partial charge is 0.338 e. The van der Waals surface area contributed by atoms with Gasteiger partial charge < -0.3 is 39.0 Å². The maximum Gasteiger partial charge on any atom is 0.338 e. The van der Waals surface area contributed by atoms with E-state index in [-0.39, 0.29) is 40.9 Å². The number of ketones is 1. The number of Topliss-reactive ketones (excluding diaryl/α,β-unsaturated/α-hetero) is 1. The summed E-state index contributed by atoms with van der Waals surface area (Å²) in [6.07, 6.45) is -11.2. The van der Waals surface area contributed by atoms with Gasteiger partial charge in [-0.25, -0.2) is 9.59 Å². The van der Waals surface area contributed by atoms with Crippen molar-refractivity contribution < 1.29 is 67.8 Å². The number of hydrogen-bond donors (Lipinski definition) is 3. The van der Waals surface area contributed by atoms with Crippen molar-refractivity contribution in [3.63, 3.8) is 0 Å². The van der Waals surface area contributed by atoms with E-state index < -0.39 is 113 Å². The van der Waals surface area contributed by atoms with Gasteiger partial charge in [-0.2, -0.15) is 5.01 Å². The molecule has 17 nitrogen and oxygen atoms in total. The maximum absolute atomic E-state index is 15.5. The fraction of sp³-hybridized carbons (Fsp3) is 0.447. The van der Waals surface area contributed by atoms with Crippen molar-refractivity contribution in [2.24, 2.45) is 22.0 Å². The zero-order chi connectivity index (χ0) is 46.5.